The molecule has 1 N–H and O–H groups in total. The Kier molecular flexibility index (Phi) is 8.41. The summed E-state index contributed by atoms with van der Waals surface area (Å²) in [5, 5.41) is 2.37. The molecule has 1 atom stereocenters. The number of nitrogens with one attached hydrogen (secondary N) is 1. The monoisotopic (exact) mass is 412 g/mol. The lowest BCUT2D eigenvalue weighted by molar-refractivity contribution is -0.148. The predicted molar refractivity (Wildman–Crippen MR) is 111 cm³/mol. The average Bonchev–Trinajstić information content (AvgIpc) is 2.61. The molecule has 0 aromatic rings. The third-order valence-corrected chi connectivity index (χ3v) is 3.89. The smallest absolute Gasteiger partial charge is 0.437 e. The molecule has 8 nitrogen and oxygen atoms in total. The molecular formula is C21H35N3O5. The van der Waals surface area contributed by atoms with E-state index in [1.54, 1.807) is 27.7 Å². The first kappa shape index (κ1) is 19.9. The van der Waals surface area contributed by atoms with E-state index in [9.17, 15) is 14.4 Å². The zero-order valence-corrected chi connectivity index (χ0v) is 17.8. The second-order valence-electron chi connectivity index (χ2n) is 8.00. The molecule has 1 aliphatic heterocycles. The number of hydrogen-bond acceptors (Lipinski definition) is 5. The van der Waals surface area contributed by atoms with E-state index in [1.807, 2.05) is 0 Å². The molecule has 0 bridgehead atoms. The first-order valence-electron chi connectivity index (χ1n) is 11.5. The lowest BCUT2D eigenvalue weighted by atomic mass is 10.1. The van der Waals surface area contributed by atoms with Crippen LogP contribution in [0, 0.1) is 0 Å². The quantitative estimate of drug-likeness (QED) is 0.483. The van der Waals surface area contributed by atoms with Crippen molar-refractivity contribution in [2.24, 2.45) is 4.99 Å². The minimum absolute atomic E-state index is 0.109. The number of allylic oxidation sites excluding steroid dienone is 2. The molecule has 0 spiro atoms. The van der Waals surface area contributed by atoms with Crippen LogP contribution in [0.4, 0.5) is 4.79 Å². The van der Waals surface area contributed by atoms with Gasteiger partial charge in [0.1, 0.15) is 12.1 Å². The van der Waals surface area contributed by atoms with Crippen LogP contribution in [0.2, 0.25) is 0 Å². The van der Waals surface area contributed by atoms with Gasteiger partial charge in [0.05, 0.1) is 6.10 Å². The van der Waals surface area contributed by atoms with Crippen molar-refractivity contribution in [2.75, 3.05) is 13.5 Å². The van der Waals surface area contributed by atoms with Crippen LogP contribution in [-0.4, -0.2) is 54.1 Å². The highest BCUT2D eigenvalue weighted by Crippen LogP contribution is 2.10. The van der Waals surface area contributed by atoms with Crippen molar-refractivity contribution in [3.8, 4) is 0 Å². The van der Waals surface area contributed by atoms with E-state index in [-0.39, 0.29) is 6.42 Å². The molecule has 8 heteroatoms. The number of carbonyl (C=O) groups is 3. The number of nitrogens with zero attached hydrogens (tertiary/aromatic N) is 2. The standard InChI is InChI=1S/C21H35N3O5/c1-16-13-11-9-7-6-8-10-12-14-17(25)22-19(24(5)15-18(26)28-16)23-20(27)29-21(2,3)4/h6-7,16H,8-15H2,1-5H3,(H,22,23,25,27)/b7-6-/t16-/m1/s1/i5D3. The maximum Gasteiger partial charge on any atom is 0.437 e. The van der Waals surface area contributed by atoms with Crippen molar-refractivity contribution in [1.29, 1.82) is 0 Å². The number of rotatable bonds is 0. The molecule has 0 saturated heterocycles. The molecule has 0 aromatic heterocycles. The first-order chi connectivity index (χ1) is 14.8. The Morgan fingerprint density at radius 1 is 1.28 bits per heavy atom. The fraction of sp³-hybridized carbons (Fsp3) is 0.714. The lowest BCUT2D eigenvalue weighted by Gasteiger charge is -2.23. The number of carbonyl (C=O) groups excluding carboxylic acids is 3. The van der Waals surface area contributed by atoms with Gasteiger partial charge in [-0.3, -0.25) is 14.9 Å². The molecule has 0 saturated carbocycles. The van der Waals surface area contributed by atoms with Crippen LogP contribution < -0.4 is 5.32 Å². The average molecular weight is 413 g/mol. The third kappa shape index (κ3) is 11.9. The van der Waals surface area contributed by atoms with Gasteiger partial charge in [0.15, 0.2) is 0 Å². The zero-order chi connectivity index (χ0) is 24.4. The molecule has 0 aromatic carbocycles. The van der Waals surface area contributed by atoms with Crippen LogP contribution in [0.1, 0.15) is 76.8 Å². The molecule has 2 amide bonds. The van der Waals surface area contributed by atoms with Crippen LogP contribution in [0.25, 0.3) is 0 Å². The van der Waals surface area contributed by atoms with E-state index in [0.717, 1.165) is 25.7 Å². The van der Waals surface area contributed by atoms with E-state index in [1.165, 1.54) is 0 Å². The number of hydrogen-bond donors (Lipinski definition) is 1. The summed E-state index contributed by atoms with van der Waals surface area (Å²) in [4.78, 5) is 41.3. The highest BCUT2D eigenvalue weighted by Gasteiger charge is 2.21. The molecule has 0 unspecified atom stereocenters. The van der Waals surface area contributed by atoms with Crippen LogP contribution in [0.5, 0.6) is 0 Å². The summed E-state index contributed by atoms with van der Waals surface area (Å²) in [6, 6.07) is 0. The van der Waals surface area contributed by atoms with Gasteiger partial charge in [-0.05, 0) is 66.2 Å². The fourth-order valence-electron chi connectivity index (χ4n) is 2.55. The van der Waals surface area contributed by atoms with Crippen LogP contribution in [0.3, 0.4) is 0 Å². The van der Waals surface area contributed by atoms with E-state index >= 15 is 0 Å². The van der Waals surface area contributed by atoms with Gasteiger partial charge >= 0.3 is 12.1 Å². The first-order valence-corrected chi connectivity index (χ1v) is 10.0. The number of ether oxygens (including phenoxy) is 2. The highest BCUT2D eigenvalue weighted by atomic mass is 16.6. The van der Waals surface area contributed by atoms with Gasteiger partial charge in [-0.2, -0.15) is 0 Å². The second-order valence-corrected chi connectivity index (χ2v) is 8.00. The molecule has 0 fully saturated rings. The van der Waals surface area contributed by atoms with E-state index in [0.29, 0.717) is 17.7 Å². The van der Waals surface area contributed by atoms with Gasteiger partial charge in [-0.15, -0.1) is 4.99 Å². The van der Waals surface area contributed by atoms with E-state index in [4.69, 9.17) is 13.6 Å². The minimum Gasteiger partial charge on any atom is -0.461 e. The summed E-state index contributed by atoms with van der Waals surface area (Å²) in [7, 11) is 0. The molecule has 1 heterocycles. The summed E-state index contributed by atoms with van der Waals surface area (Å²) < 4.78 is 33.9. The number of esters is 1. The normalized spacial score (nSPS) is 25.7. The largest absolute Gasteiger partial charge is 0.461 e. The minimum atomic E-state index is -2.87. The summed E-state index contributed by atoms with van der Waals surface area (Å²) >= 11 is 0. The van der Waals surface area contributed by atoms with Crippen LogP contribution in [-0.2, 0) is 19.1 Å². The van der Waals surface area contributed by atoms with Crippen molar-refractivity contribution < 1.29 is 28.0 Å². The Bertz CT molecular complexity index is 714. The van der Waals surface area contributed by atoms with Gasteiger partial charge in [0.2, 0.25) is 11.9 Å². The summed E-state index contributed by atoms with van der Waals surface area (Å²) in [6.07, 6.45) is 7.19. The number of cyclic esters (lactones) is 1. The van der Waals surface area contributed by atoms with Crippen LogP contribution in [0.15, 0.2) is 17.1 Å². The molecule has 1 rings (SSSR count). The zero-order valence-electron chi connectivity index (χ0n) is 20.8. The number of amides is 2. The third-order valence-electron chi connectivity index (χ3n) is 3.89. The molecule has 29 heavy (non-hydrogen) atoms. The fourth-order valence-corrected chi connectivity index (χ4v) is 2.55. The number of aliphatic imine (C=N–C) groups is 1. The SMILES string of the molecule is [2H]C([2H])([2H])N1CC(=O)O[C@H](C)CCC/C=C\CCCCC(=O)N/C1=N/C(=O)OC(C)(C)C. The number of likely N-dealkylation sites (N-methyl/N-ethyl adjacent to an activating group) is 1. The maximum absolute atomic E-state index is 12.4. The Morgan fingerprint density at radius 2 is 1.97 bits per heavy atom. The van der Waals surface area contributed by atoms with Crippen molar-refractivity contribution in [2.45, 2.75) is 84.3 Å². The van der Waals surface area contributed by atoms with Gasteiger partial charge in [0.25, 0.3) is 0 Å². The van der Waals surface area contributed by atoms with Gasteiger partial charge in [-0.1, -0.05) is 12.2 Å². The van der Waals surface area contributed by atoms with Crippen molar-refractivity contribution in [3.05, 3.63) is 12.2 Å². The molecule has 164 valence electrons. The Hall–Kier alpha value is -2.38. The Balaban J connectivity index is 3.21. The molecule has 0 aliphatic carbocycles. The van der Waals surface area contributed by atoms with Crippen molar-refractivity contribution >= 4 is 23.9 Å². The number of guanidine groups is 1. The summed E-state index contributed by atoms with van der Waals surface area (Å²) in [5.41, 5.74) is -0.880. The van der Waals surface area contributed by atoms with Gasteiger partial charge in [-0.25, -0.2) is 4.79 Å². The predicted octanol–water partition coefficient (Wildman–Crippen LogP) is 3.56. The Morgan fingerprint density at radius 3 is 2.62 bits per heavy atom. The summed E-state index contributed by atoms with van der Waals surface area (Å²) in [6.45, 7) is 3.01. The second kappa shape index (κ2) is 12.2. The highest BCUT2D eigenvalue weighted by molar-refractivity contribution is 6.01. The van der Waals surface area contributed by atoms with E-state index in [2.05, 4.69) is 22.5 Å². The van der Waals surface area contributed by atoms with E-state index < -0.39 is 49.2 Å². The lowest BCUT2D eigenvalue weighted by Crippen LogP contribution is -2.45. The van der Waals surface area contributed by atoms with Crippen molar-refractivity contribution in [3.63, 3.8) is 0 Å². The van der Waals surface area contributed by atoms with Crippen molar-refractivity contribution in [1.82, 2.24) is 10.2 Å². The molecular weight excluding hydrogens is 374 g/mol. The maximum atomic E-state index is 12.4. The topological polar surface area (TPSA) is 97.3 Å². The van der Waals surface area contributed by atoms with Crippen LogP contribution >= 0.6 is 0 Å². The molecule has 0 radical (unpaired) electrons. The Labute approximate surface area is 177 Å². The summed E-state index contributed by atoms with van der Waals surface area (Å²) in [5.74, 6) is -1.89. The van der Waals surface area contributed by atoms with Gasteiger partial charge < -0.3 is 14.4 Å². The molecule has 1 aliphatic rings. The van der Waals surface area contributed by atoms with Gasteiger partial charge in [0, 0.05) is 17.5 Å².